The van der Waals surface area contributed by atoms with Crippen molar-refractivity contribution >= 4 is 28.1 Å². The van der Waals surface area contributed by atoms with E-state index in [0.29, 0.717) is 10.7 Å². The van der Waals surface area contributed by atoms with E-state index >= 15 is 0 Å². The highest BCUT2D eigenvalue weighted by Gasteiger charge is 2.07. The van der Waals surface area contributed by atoms with Gasteiger partial charge in [0.2, 0.25) is 5.13 Å². The molecule has 0 fully saturated rings. The van der Waals surface area contributed by atoms with Crippen LogP contribution in [0.25, 0.3) is 0 Å². The maximum atomic E-state index is 11.8. The fraction of sp³-hybridized carbons (Fsp3) is 0.182. The number of nitrogens with zero attached hydrogens (tertiary/aromatic N) is 2. The van der Waals surface area contributed by atoms with E-state index < -0.39 is 0 Å². The smallest absolute Gasteiger partial charge is 0.257 e. The molecule has 2 rings (SSSR count). The third kappa shape index (κ3) is 3.01. The van der Waals surface area contributed by atoms with E-state index in [2.05, 4.69) is 20.8 Å². The molecule has 17 heavy (non-hydrogen) atoms. The summed E-state index contributed by atoms with van der Waals surface area (Å²) in [6.07, 6.45) is 0. The Labute approximate surface area is 103 Å². The van der Waals surface area contributed by atoms with E-state index in [9.17, 15) is 4.79 Å². The summed E-state index contributed by atoms with van der Waals surface area (Å²) >= 11 is 1.29. The first-order valence-corrected chi connectivity index (χ1v) is 6.09. The van der Waals surface area contributed by atoms with Crippen LogP contribution in [0.3, 0.4) is 0 Å². The molecule has 0 atom stereocenters. The number of hydrogen-bond donors (Lipinski definition) is 2. The molecule has 1 heterocycles. The Morgan fingerprint density at radius 3 is 2.71 bits per heavy atom. The number of nitrogens with one attached hydrogen (secondary N) is 2. The maximum absolute atomic E-state index is 11.8. The van der Waals surface area contributed by atoms with Gasteiger partial charge < -0.3 is 5.32 Å². The Kier molecular flexibility index (Phi) is 3.66. The van der Waals surface area contributed by atoms with Crippen molar-refractivity contribution in [1.82, 2.24) is 10.2 Å². The first-order chi connectivity index (χ1) is 8.29. The molecule has 5 nitrogen and oxygen atoms in total. The highest BCUT2D eigenvalue weighted by Crippen LogP contribution is 2.13. The molecule has 88 valence electrons. The Balaban J connectivity index is 2.04. The minimum Gasteiger partial charge on any atom is -0.385 e. The van der Waals surface area contributed by atoms with Crippen LogP contribution in [0.2, 0.25) is 0 Å². The molecule has 2 aromatic rings. The van der Waals surface area contributed by atoms with Gasteiger partial charge in [-0.3, -0.25) is 10.1 Å². The number of amides is 1. The van der Waals surface area contributed by atoms with E-state index in [1.807, 2.05) is 19.1 Å². The number of carbonyl (C=O) groups is 1. The minimum atomic E-state index is -0.176. The second-order valence-electron chi connectivity index (χ2n) is 3.31. The maximum Gasteiger partial charge on any atom is 0.257 e. The lowest BCUT2D eigenvalue weighted by Crippen LogP contribution is -2.11. The van der Waals surface area contributed by atoms with Crippen molar-refractivity contribution < 1.29 is 4.79 Å². The summed E-state index contributed by atoms with van der Waals surface area (Å²) < 4.78 is 0. The molecule has 1 amide bonds. The first-order valence-electron chi connectivity index (χ1n) is 5.21. The molecule has 0 saturated heterocycles. The van der Waals surface area contributed by atoms with Gasteiger partial charge in [-0.15, -0.1) is 10.2 Å². The van der Waals surface area contributed by atoms with Crippen LogP contribution in [-0.2, 0) is 0 Å². The summed E-state index contributed by atoms with van der Waals surface area (Å²) in [6.45, 7) is 2.88. The highest BCUT2D eigenvalue weighted by atomic mass is 32.1. The fourth-order valence-electron chi connectivity index (χ4n) is 1.34. The summed E-state index contributed by atoms with van der Waals surface area (Å²) in [6, 6.07) is 7.29. The molecule has 6 heteroatoms. The monoisotopic (exact) mass is 248 g/mol. The average Bonchev–Trinajstić information content (AvgIpc) is 2.83. The van der Waals surface area contributed by atoms with Crippen LogP contribution in [-0.4, -0.2) is 22.6 Å². The zero-order valence-electron chi connectivity index (χ0n) is 9.30. The van der Waals surface area contributed by atoms with Gasteiger partial charge >= 0.3 is 0 Å². The third-order valence-corrected chi connectivity index (χ3v) is 2.72. The second kappa shape index (κ2) is 5.40. The van der Waals surface area contributed by atoms with Crippen molar-refractivity contribution in [3.8, 4) is 0 Å². The molecule has 0 radical (unpaired) electrons. The van der Waals surface area contributed by atoms with E-state index in [-0.39, 0.29) is 5.91 Å². The predicted molar refractivity (Wildman–Crippen MR) is 68.5 cm³/mol. The largest absolute Gasteiger partial charge is 0.385 e. The van der Waals surface area contributed by atoms with Crippen molar-refractivity contribution in [2.45, 2.75) is 6.92 Å². The summed E-state index contributed by atoms with van der Waals surface area (Å²) in [5.74, 6) is -0.176. The van der Waals surface area contributed by atoms with Crippen molar-refractivity contribution in [2.75, 3.05) is 17.2 Å². The van der Waals surface area contributed by atoms with Crippen LogP contribution in [0.5, 0.6) is 0 Å². The van der Waals surface area contributed by atoms with E-state index in [4.69, 9.17) is 0 Å². The van der Waals surface area contributed by atoms with Crippen LogP contribution in [0.15, 0.2) is 29.8 Å². The zero-order valence-corrected chi connectivity index (χ0v) is 10.1. The summed E-state index contributed by atoms with van der Waals surface area (Å²) in [5.41, 5.74) is 3.17. The summed E-state index contributed by atoms with van der Waals surface area (Å²) in [5, 5.41) is 13.8. The van der Waals surface area contributed by atoms with Crippen LogP contribution >= 0.6 is 11.3 Å². The van der Waals surface area contributed by atoms with Crippen LogP contribution in [0.1, 0.15) is 17.3 Å². The standard InChI is InChI=1S/C11H12N4OS/c1-2-12-9-5-3-8(4-6-9)10(16)14-11-15-13-7-17-11/h3-7,12H,2H2,1H3,(H,14,15,16). The van der Waals surface area contributed by atoms with Crippen molar-refractivity contribution in [2.24, 2.45) is 0 Å². The Morgan fingerprint density at radius 1 is 1.35 bits per heavy atom. The number of anilines is 2. The molecule has 0 unspecified atom stereocenters. The molecule has 0 saturated carbocycles. The van der Waals surface area contributed by atoms with Crippen LogP contribution in [0, 0.1) is 0 Å². The lowest BCUT2D eigenvalue weighted by molar-refractivity contribution is 0.102. The SMILES string of the molecule is CCNc1ccc(C(=O)Nc2nncs2)cc1. The van der Waals surface area contributed by atoms with Gasteiger partial charge in [0.05, 0.1) is 0 Å². The Morgan fingerprint density at radius 2 is 2.12 bits per heavy atom. The molecule has 1 aromatic carbocycles. The molecule has 0 aliphatic heterocycles. The van der Waals surface area contributed by atoms with Gasteiger partial charge in [0.15, 0.2) is 0 Å². The van der Waals surface area contributed by atoms with E-state index in [1.54, 1.807) is 17.6 Å². The molecule has 1 aromatic heterocycles. The molecular weight excluding hydrogens is 236 g/mol. The molecule has 2 N–H and O–H groups in total. The van der Waals surface area contributed by atoms with Gasteiger partial charge in [-0.05, 0) is 31.2 Å². The van der Waals surface area contributed by atoms with Gasteiger partial charge in [-0.2, -0.15) is 0 Å². The number of carbonyl (C=O) groups excluding carboxylic acids is 1. The highest BCUT2D eigenvalue weighted by molar-refractivity contribution is 7.13. The molecular formula is C11H12N4OS. The lowest BCUT2D eigenvalue weighted by Gasteiger charge is -2.04. The van der Waals surface area contributed by atoms with Gasteiger partial charge in [-0.1, -0.05) is 11.3 Å². The van der Waals surface area contributed by atoms with Crippen molar-refractivity contribution in [1.29, 1.82) is 0 Å². The first kappa shape index (κ1) is 11.5. The lowest BCUT2D eigenvalue weighted by atomic mass is 10.2. The molecule has 0 bridgehead atoms. The average molecular weight is 248 g/mol. The second-order valence-corrected chi connectivity index (χ2v) is 4.14. The van der Waals surface area contributed by atoms with E-state index in [1.165, 1.54) is 11.3 Å². The van der Waals surface area contributed by atoms with Gasteiger partial charge in [0.25, 0.3) is 5.91 Å². The van der Waals surface area contributed by atoms with Crippen molar-refractivity contribution in [3.63, 3.8) is 0 Å². The van der Waals surface area contributed by atoms with Crippen LogP contribution < -0.4 is 10.6 Å². The molecule has 0 aliphatic rings. The predicted octanol–water partition coefficient (Wildman–Crippen LogP) is 2.22. The Hall–Kier alpha value is -1.95. The summed E-state index contributed by atoms with van der Waals surface area (Å²) in [7, 11) is 0. The zero-order chi connectivity index (χ0) is 12.1. The summed E-state index contributed by atoms with van der Waals surface area (Å²) in [4.78, 5) is 11.8. The number of aromatic nitrogens is 2. The normalized spacial score (nSPS) is 9.94. The van der Waals surface area contributed by atoms with E-state index in [0.717, 1.165) is 12.2 Å². The number of rotatable bonds is 4. The number of hydrogen-bond acceptors (Lipinski definition) is 5. The Bertz CT molecular complexity index is 481. The third-order valence-electron chi connectivity index (χ3n) is 2.11. The topological polar surface area (TPSA) is 66.9 Å². The molecule has 0 spiro atoms. The van der Waals surface area contributed by atoms with Gasteiger partial charge in [0, 0.05) is 17.8 Å². The van der Waals surface area contributed by atoms with Gasteiger partial charge in [-0.25, -0.2) is 0 Å². The van der Waals surface area contributed by atoms with Crippen LogP contribution in [0.4, 0.5) is 10.8 Å². The number of benzene rings is 1. The molecule has 0 aliphatic carbocycles. The fourth-order valence-corrected chi connectivity index (χ4v) is 1.78. The minimum absolute atomic E-state index is 0.176. The quantitative estimate of drug-likeness (QED) is 0.870. The van der Waals surface area contributed by atoms with Crippen molar-refractivity contribution in [3.05, 3.63) is 35.3 Å². The van der Waals surface area contributed by atoms with Gasteiger partial charge in [0.1, 0.15) is 5.51 Å².